The van der Waals surface area contributed by atoms with E-state index < -0.39 is 0 Å². The first-order valence-corrected chi connectivity index (χ1v) is 4.96. The third-order valence-electron chi connectivity index (χ3n) is 4.00. The van der Waals surface area contributed by atoms with Crippen LogP contribution in [0.5, 0.6) is 0 Å². The van der Waals surface area contributed by atoms with E-state index in [4.69, 9.17) is 5.73 Å². The van der Waals surface area contributed by atoms with Gasteiger partial charge in [-0.1, -0.05) is 26.2 Å². The zero-order valence-electron chi connectivity index (χ0n) is 7.47. The Morgan fingerprint density at radius 1 is 1.36 bits per heavy atom. The summed E-state index contributed by atoms with van der Waals surface area (Å²) < 4.78 is 0. The second-order valence-electron chi connectivity index (χ2n) is 4.71. The van der Waals surface area contributed by atoms with Crippen LogP contribution in [0.15, 0.2) is 0 Å². The smallest absolute Gasteiger partial charge is 0.00203 e. The Balaban J connectivity index is 2.00. The van der Waals surface area contributed by atoms with Gasteiger partial charge in [0, 0.05) is 0 Å². The molecule has 0 aromatic rings. The molecule has 0 aliphatic heterocycles. The minimum atomic E-state index is 0.533. The van der Waals surface area contributed by atoms with Crippen LogP contribution >= 0.6 is 0 Å². The van der Waals surface area contributed by atoms with Gasteiger partial charge >= 0.3 is 0 Å². The molecule has 0 spiro atoms. The molecule has 11 heavy (non-hydrogen) atoms. The van der Waals surface area contributed by atoms with Gasteiger partial charge in [0.25, 0.3) is 0 Å². The minimum Gasteiger partial charge on any atom is -0.330 e. The Morgan fingerprint density at radius 3 is 2.73 bits per heavy atom. The van der Waals surface area contributed by atoms with Crippen LogP contribution in [0.2, 0.25) is 0 Å². The third-order valence-corrected chi connectivity index (χ3v) is 4.00. The van der Waals surface area contributed by atoms with E-state index >= 15 is 0 Å². The average Bonchev–Trinajstić information content (AvgIpc) is 2.02. The van der Waals surface area contributed by atoms with Gasteiger partial charge in [0.1, 0.15) is 0 Å². The number of nitrogens with two attached hydrogens (primary N) is 1. The predicted molar refractivity (Wildman–Crippen MR) is 47.2 cm³/mol. The highest BCUT2D eigenvalue weighted by molar-refractivity contribution is 5.00. The molecule has 0 bridgehead atoms. The van der Waals surface area contributed by atoms with Crippen molar-refractivity contribution in [3.63, 3.8) is 0 Å². The maximum atomic E-state index is 5.78. The second kappa shape index (κ2) is 2.48. The molecule has 2 fully saturated rings. The van der Waals surface area contributed by atoms with Gasteiger partial charge in [-0.2, -0.15) is 0 Å². The van der Waals surface area contributed by atoms with Crippen LogP contribution in [0.4, 0.5) is 0 Å². The van der Waals surface area contributed by atoms with Crippen LogP contribution in [0.25, 0.3) is 0 Å². The van der Waals surface area contributed by atoms with E-state index in [1.165, 1.54) is 32.1 Å². The summed E-state index contributed by atoms with van der Waals surface area (Å²) in [6.07, 6.45) is 7.28. The topological polar surface area (TPSA) is 26.0 Å². The van der Waals surface area contributed by atoms with Crippen molar-refractivity contribution >= 4 is 0 Å². The molecule has 1 nitrogen and oxygen atoms in total. The Hall–Kier alpha value is -0.0400. The van der Waals surface area contributed by atoms with Gasteiger partial charge in [-0.15, -0.1) is 0 Å². The van der Waals surface area contributed by atoms with E-state index in [1.54, 1.807) is 0 Å². The fourth-order valence-corrected chi connectivity index (χ4v) is 3.19. The van der Waals surface area contributed by atoms with Crippen molar-refractivity contribution in [2.24, 2.45) is 23.0 Å². The molecule has 64 valence electrons. The number of fused-ring (bicyclic) bond motifs is 1. The lowest BCUT2D eigenvalue weighted by molar-refractivity contribution is -0.0490. The summed E-state index contributed by atoms with van der Waals surface area (Å²) in [6.45, 7) is 3.29. The molecular formula is C10H19N. The Labute approximate surface area is 69.4 Å². The summed E-state index contributed by atoms with van der Waals surface area (Å²) in [4.78, 5) is 0. The molecule has 0 saturated heterocycles. The molecular weight excluding hydrogens is 134 g/mol. The Bertz CT molecular complexity index is 155. The third kappa shape index (κ3) is 1.01. The Morgan fingerprint density at radius 2 is 2.09 bits per heavy atom. The quantitative estimate of drug-likeness (QED) is 0.614. The SMILES string of the molecule is C[C@]1(CN)C[C@@H]2CCCC[C@@H]21. The van der Waals surface area contributed by atoms with Crippen LogP contribution in [0, 0.1) is 17.3 Å². The lowest BCUT2D eigenvalue weighted by atomic mass is 9.50. The minimum absolute atomic E-state index is 0.533. The zero-order valence-corrected chi connectivity index (χ0v) is 7.47. The van der Waals surface area contributed by atoms with Gasteiger partial charge in [-0.05, 0) is 36.6 Å². The highest BCUT2D eigenvalue weighted by Crippen LogP contribution is 2.56. The second-order valence-corrected chi connectivity index (χ2v) is 4.71. The van der Waals surface area contributed by atoms with Crippen LogP contribution in [0.1, 0.15) is 39.0 Å². The molecule has 0 amide bonds. The van der Waals surface area contributed by atoms with Gasteiger partial charge in [0.2, 0.25) is 0 Å². The van der Waals surface area contributed by atoms with Crippen molar-refractivity contribution in [1.82, 2.24) is 0 Å². The van der Waals surface area contributed by atoms with Gasteiger partial charge in [-0.25, -0.2) is 0 Å². The van der Waals surface area contributed by atoms with Crippen LogP contribution in [0.3, 0.4) is 0 Å². The van der Waals surface area contributed by atoms with E-state index in [9.17, 15) is 0 Å². The van der Waals surface area contributed by atoms with Crippen molar-refractivity contribution in [1.29, 1.82) is 0 Å². The monoisotopic (exact) mass is 153 g/mol. The number of rotatable bonds is 1. The standard InChI is InChI=1S/C10H19N/c1-10(7-11)6-8-4-2-3-5-9(8)10/h8-9H,2-7,11H2,1H3/t8-,9-,10+/m0/s1. The van der Waals surface area contributed by atoms with Crippen LogP contribution in [-0.4, -0.2) is 6.54 Å². The van der Waals surface area contributed by atoms with Crippen molar-refractivity contribution in [2.75, 3.05) is 6.54 Å². The highest BCUT2D eigenvalue weighted by Gasteiger charge is 2.49. The first-order chi connectivity index (χ1) is 5.26. The van der Waals surface area contributed by atoms with Gasteiger partial charge in [-0.3, -0.25) is 0 Å². The maximum Gasteiger partial charge on any atom is -0.00203 e. The molecule has 1 heteroatoms. The molecule has 0 radical (unpaired) electrons. The van der Waals surface area contributed by atoms with Crippen LogP contribution in [-0.2, 0) is 0 Å². The molecule has 0 aromatic heterocycles. The molecule has 2 aliphatic carbocycles. The van der Waals surface area contributed by atoms with E-state index in [0.29, 0.717) is 5.41 Å². The fraction of sp³-hybridized carbons (Fsp3) is 1.00. The average molecular weight is 153 g/mol. The molecule has 2 N–H and O–H groups in total. The van der Waals surface area contributed by atoms with E-state index in [-0.39, 0.29) is 0 Å². The Kier molecular flexibility index (Phi) is 1.71. The number of hydrogen-bond acceptors (Lipinski definition) is 1. The summed E-state index contributed by atoms with van der Waals surface area (Å²) in [5.74, 6) is 2.04. The number of hydrogen-bond donors (Lipinski definition) is 1. The van der Waals surface area contributed by atoms with Crippen molar-refractivity contribution in [2.45, 2.75) is 39.0 Å². The van der Waals surface area contributed by atoms with Crippen molar-refractivity contribution < 1.29 is 0 Å². The first kappa shape index (κ1) is 7.60. The molecule has 2 rings (SSSR count). The molecule has 2 saturated carbocycles. The maximum absolute atomic E-state index is 5.78. The van der Waals surface area contributed by atoms with E-state index in [0.717, 1.165) is 18.4 Å². The van der Waals surface area contributed by atoms with Gasteiger partial charge in [0.05, 0.1) is 0 Å². The van der Waals surface area contributed by atoms with Crippen LogP contribution < -0.4 is 5.73 Å². The summed E-state index contributed by atoms with van der Waals surface area (Å²) in [5, 5.41) is 0. The van der Waals surface area contributed by atoms with Gasteiger partial charge < -0.3 is 5.73 Å². The highest BCUT2D eigenvalue weighted by atomic mass is 14.7. The lowest BCUT2D eigenvalue weighted by Gasteiger charge is -2.55. The summed E-state index contributed by atoms with van der Waals surface area (Å²) in [5.41, 5.74) is 6.31. The molecule has 0 heterocycles. The molecule has 0 aromatic carbocycles. The zero-order chi connectivity index (χ0) is 7.90. The molecule has 3 atom stereocenters. The lowest BCUT2D eigenvalue weighted by Crippen LogP contribution is -2.51. The van der Waals surface area contributed by atoms with Crippen molar-refractivity contribution in [3.8, 4) is 0 Å². The largest absolute Gasteiger partial charge is 0.330 e. The van der Waals surface area contributed by atoms with Crippen molar-refractivity contribution in [3.05, 3.63) is 0 Å². The molecule has 2 aliphatic rings. The van der Waals surface area contributed by atoms with E-state index in [1.807, 2.05) is 0 Å². The van der Waals surface area contributed by atoms with E-state index in [2.05, 4.69) is 6.92 Å². The summed E-state index contributed by atoms with van der Waals surface area (Å²) >= 11 is 0. The summed E-state index contributed by atoms with van der Waals surface area (Å²) in [7, 11) is 0. The van der Waals surface area contributed by atoms with Gasteiger partial charge in [0.15, 0.2) is 0 Å². The molecule has 0 unspecified atom stereocenters. The fourth-order valence-electron chi connectivity index (χ4n) is 3.19. The predicted octanol–water partition coefficient (Wildman–Crippen LogP) is 2.16. The first-order valence-electron chi connectivity index (χ1n) is 4.96. The summed E-state index contributed by atoms with van der Waals surface area (Å²) in [6, 6.07) is 0. The normalized spacial score (nSPS) is 49.6.